The van der Waals surface area contributed by atoms with E-state index < -0.39 is 28.5 Å². The van der Waals surface area contributed by atoms with Gasteiger partial charge in [0.25, 0.3) is 10.0 Å². The van der Waals surface area contributed by atoms with Crippen molar-refractivity contribution in [3.05, 3.63) is 130 Å². The van der Waals surface area contributed by atoms with E-state index in [9.17, 15) is 18.0 Å². The number of nitrogens with one attached hydrogen (secondary N) is 1. The number of halogens is 1. The van der Waals surface area contributed by atoms with Crippen LogP contribution in [0.15, 0.2) is 108 Å². The van der Waals surface area contributed by atoms with E-state index >= 15 is 0 Å². The lowest BCUT2D eigenvalue weighted by atomic mass is 10.0. The van der Waals surface area contributed by atoms with Gasteiger partial charge in [0.1, 0.15) is 12.6 Å². The number of anilines is 1. The van der Waals surface area contributed by atoms with Crippen molar-refractivity contribution in [1.82, 2.24) is 10.2 Å². The van der Waals surface area contributed by atoms with Crippen molar-refractivity contribution in [3.8, 4) is 0 Å². The molecule has 0 bridgehead atoms. The minimum absolute atomic E-state index is 0.0598. The van der Waals surface area contributed by atoms with Crippen LogP contribution in [0.1, 0.15) is 42.0 Å². The lowest BCUT2D eigenvalue weighted by Crippen LogP contribution is -2.53. The molecule has 4 aromatic carbocycles. The molecule has 0 heterocycles. The van der Waals surface area contributed by atoms with E-state index in [0.717, 1.165) is 39.4 Å². The second-order valence-electron chi connectivity index (χ2n) is 11.2. The van der Waals surface area contributed by atoms with Crippen molar-refractivity contribution < 1.29 is 18.0 Å². The highest BCUT2D eigenvalue weighted by Gasteiger charge is 2.34. The summed E-state index contributed by atoms with van der Waals surface area (Å²) < 4.78 is 29.4. The molecule has 0 aliphatic carbocycles. The Bertz CT molecular complexity index is 1700. The van der Waals surface area contributed by atoms with Gasteiger partial charge in [-0.05, 0) is 73.4 Å². The van der Waals surface area contributed by atoms with Crippen LogP contribution >= 0.6 is 11.6 Å². The van der Waals surface area contributed by atoms with Crippen molar-refractivity contribution in [2.75, 3.05) is 17.4 Å². The molecule has 0 unspecified atom stereocenters. The summed E-state index contributed by atoms with van der Waals surface area (Å²) in [5.41, 5.74) is 3.71. The lowest BCUT2D eigenvalue weighted by molar-refractivity contribution is -0.140. The van der Waals surface area contributed by atoms with E-state index in [4.69, 9.17) is 11.6 Å². The molecule has 0 aliphatic heterocycles. The van der Waals surface area contributed by atoms with Crippen LogP contribution in [0.4, 0.5) is 5.69 Å². The van der Waals surface area contributed by atoms with E-state index in [2.05, 4.69) is 5.32 Å². The number of benzene rings is 4. The number of aryl methyl sites for hydroxylation is 2. The summed E-state index contributed by atoms with van der Waals surface area (Å²) in [7, 11) is -4.15. The fourth-order valence-corrected chi connectivity index (χ4v) is 6.66. The average molecular weight is 646 g/mol. The van der Waals surface area contributed by atoms with Crippen LogP contribution in [0, 0.1) is 13.8 Å². The number of carbonyl (C=O) groups is 2. The first-order valence-electron chi connectivity index (χ1n) is 15.1. The molecule has 45 heavy (non-hydrogen) atoms. The Morgan fingerprint density at radius 2 is 1.51 bits per heavy atom. The predicted molar refractivity (Wildman–Crippen MR) is 181 cm³/mol. The number of nitrogens with zero attached hydrogens (tertiary/aromatic N) is 2. The quantitative estimate of drug-likeness (QED) is 0.155. The van der Waals surface area contributed by atoms with E-state index in [0.29, 0.717) is 17.3 Å². The Balaban J connectivity index is 1.79. The zero-order chi connectivity index (χ0) is 32.4. The van der Waals surface area contributed by atoms with E-state index in [1.165, 1.54) is 4.90 Å². The van der Waals surface area contributed by atoms with Crippen LogP contribution < -0.4 is 9.62 Å². The Labute approximate surface area is 271 Å². The van der Waals surface area contributed by atoms with Gasteiger partial charge in [0.2, 0.25) is 11.8 Å². The van der Waals surface area contributed by atoms with Crippen molar-refractivity contribution in [2.45, 2.75) is 57.5 Å². The molecule has 0 aliphatic rings. The minimum atomic E-state index is -4.15. The lowest BCUT2D eigenvalue weighted by Gasteiger charge is -2.34. The van der Waals surface area contributed by atoms with Gasteiger partial charge in [-0.2, -0.15) is 0 Å². The second-order valence-corrected chi connectivity index (χ2v) is 13.5. The van der Waals surface area contributed by atoms with Crippen LogP contribution in [-0.2, 0) is 32.6 Å². The van der Waals surface area contributed by atoms with Crippen molar-refractivity contribution in [2.24, 2.45) is 0 Å². The SMILES string of the molecule is CCCCNC(=O)[C@@H](Cc1ccccc1)N(Cc1cccc(Cl)c1)C(=O)CN(c1cccc(C)c1)S(=O)(=O)c1ccc(C)cc1. The van der Waals surface area contributed by atoms with Gasteiger partial charge < -0.3 is 10.2 Å². The first-order chi connectivity index (χ1) is 21.6. The van der Waals surface area contributed by atoms with Gasteiger partial charge in [-0.3, -0.25) is 13.9 Å². The van der Waals surface area contributed by atoms with E-state index in [1.54, 1.807) is 60.7 Å². The molecule has 0 fully saturated rings. The monoisotopic (exact) mass is 645 g/mol. The maximum absolute atomic E-state index is 14.5. The zero-order valence-corrected chi connectivity index (χ0v) is 27.5. The van der Waals surface area contributed by atoms with Gasteiger partial charge in [0.05, 0.1) is 10.6 Å². The normalized spacial score (nSPS) is 11.9. The Kier molecular flexibility index (Phi) is 11.8. The van der Waals surface area contributed by atoms with Gasteiger partial charge >= 0.3 is 0 Å². The Hall–Kier alpha value is -4.14. The molecule has 0 saturated heterocycles. The molecule has 0 saturated carbocycles. The molecule has 9 heteroatoms. The predicted octanol–water partition coefficient (Wildman–Crippen LogP) is 6.71. The second kappa shape index (κ2) is 15.7. The molecular formula is C36H40ClN3O4S. The highest BCUT2D eigenvalue weighted by atomic mass is 35.5. The fourth-order valence-electron chi connectivity index (χ4n) is 5.04. The van der Waals surface area contributed by atoms with Crippen LogP contribution in [-0.4, -0.2) is 44.3 Å². The standard InChI is InChI=1S/C36H40ClN3O4S/c1-4-5-21-38-36(42)34(24-29-12-7-6-8-13-29)39(25-30-14-10-15-31(37)23-30)35(41)26-40(32-16-9-11-28(3)22-32)45(43,44)33-19-17-27(2)18-20-33/h6-20,22-23,34H,4-5,21,24-26H2,1-3H3,(H,38,42)/t34-/m1/s1. The number of unbranched alkanes of at least 4 members (excludes halogenated alkanes) is 1. The third-order valence-electron chi connectivity index (χ3n) is 7.52. The van der Waals surface area contributed by atoms with Gasteiger partial charge in [0.15, 0.2) is 0 Å². The van der Waals surface area contributed by atoms with Gasteiger partial charge in [0, 0.05) is 24.5 Å². The molecule has 0 radical (unpaired) electrons. The average Bonchev–Trinajstić information content (AvgIpc) is 3.02. The molecule has 7 nitrogen and oxygen atoms in total. The molecule has 2 amide bonds. The number of rotatable bonds is 14. The molecule has 1 atom stereocenters. The first kappa shape index (κ1) is 33.7. The van der Waals surface area contributed by atoms with Gasteiger partial charge in [-0.1, -0.05) is 97.2 Å². The van der Waals surface area contributed by atoms with Gasteiger partial charge in [-0.25, -0.2) is 8.42 Å². The number of sulfonamides is 1. The maximum atomic E-state index is 14.5. The zero-order valence-electron chi connectivity index (χ0n) is 25.9. The highest BCUT2D eigenvalue weighted by molar-refractivity contribution is 7.92. The third-order valence-corrected chi connectivity index (χ3v) is 9.54. The molecule has 4 rings (SSSR count). The van der Waals surface area contributed by atoms with Crippen LogP contribution in [0.5, 0.6) is 0 Å². The number of hydrogen-bond donors (Lipinski definition) is 1. The van der Waals surface area contributed by atoms with Crippen molar-refractivity contribution in [1.29, 1.82) is 0 Å². The largest absolute Gasteiger partial charge is 0.354 e. The third kappa shape index (κ3) is 9.19. The topological polar surface area (TPSA) is 86.8 Å². The van der Waals surface area contributed by atoms with Crippen LogP contribution in [0.2, 0.25) is 5.02 Å². The number of hydrogen-bond acceptors (Lipinski definition) is 4. The highest BCUT2D eigenvalue weighted by Crippen LogP contribution is 2.26. The molecule has 236 valence electrons. The maximum Gasteiger partial charge on any atom is 0.264 e. The molecule has 1 N–H and O–H groups in total. The van der Waals surface area contributed by atoms with E-state index in [1.807, 2.05) is 63.2 Å². The molecule has 0 aromatic heterocycles. The summed E-state index contributed by atoms with van der Waals surface area (Å²) in [6.45, 7) is 5.81. The summed E-state index contributed by atoms with van der Waals surface area (Å²) in [5.74, 6) is -0.815. The Morgan fingerprint density at radius 1 is 0.822 bits per heavy atom. The summed E-state index contributed by atoms with van der Waals surface area (Å²) in [6, 6.07) is 29.3. The first-order valence-corrected chi connectivity index (χ1v) is 16.9. The van der Waals surface area contributed by atoms with E-state index in [-0.39, 0.29) is 23.8 Å². The Morgan fingerprint density at radius 3 is 2.18 bits per heavy atom. The number of amides is 2. The number of carbonyl (C=O) groups excluding carboxylic acids is 2. The van der Waals surface area contributed by atoms with Gasteiger partial charge in [-0.15, -0.1) is 0 Å². The van der Waals surface area contributed by atoms with Crippen molar-refractivity contribution in [3.63, 3.8) is 0 Å². The summed E-state index contributed by atoms with van der Waals surface area (Å²) >= 11 is 6.31. The summed E-state index contributed by atoms with van der Waals surface area (Å²) in [5, 5.41) is 3.50. The fraction of sp³-hybridized carbons (Fsp3) is 0.278. The molecule has 0 spiro atoms. The molecular weight excluding hydrogens is 606 g/mol. The molecule has 4 aromatic rings. The minimum Gasteiger partial charge on any atom is -0.354 e. The smallest absolute Gasteiger partial charge is 0.264 e. The summed E-state index contributed by atoms with van der Waals surface area (Å²) in [4.78, 5) is 29.9. The van der Waals surface area contributed by atoms with Crippen LogP contribution in [0.25, 0.3) is 0 Å². The van der Waals surface area contributed by atoms with Crippen LogP contribution in [0.3, 0.4) is 0 Å². The van der Waals surface area contributed by atoms with Crippen molar-refractivity contribution >= 4 is 39.1 Å². The summed E-state index contributed by atoms with van der Waals surface area (Å²) in [6.07, 6.45) is 1.94.